The lowest BCUT2D eigenvalue weighted by atomic mass is 10.2. The summed E-state index contributed by atoms with van der Waals surface area (Å²) in [4.78, 5) is 27.7. The van der Waals surface area contributed by atoms with Gasteiger partial charge in [0.2, 0.25) is 5.91 Å². The Morgan fingerprint density at radius 2 is 2.17 bits per heavy atom. The van der Waals surface area contributed by atoms with Crippen LogP contribution in [0, 0.1) is 0 Å². The Balaban J connectivity index is 2.09. The van der Waals surface area contributed by atoms with Crippen LogP contribution in [-0.4, -0.2) is 16.8 Å². The molecule has 2 rings (SSSR count). The molecule has 0 aromatic carbocycles. The number of nitrogens with two attached hydrogens (primary N) is 1. The van der Waals surface area contributed by atoms with Gasteiger partial charge in [-0.15, -0.1) is 11.3 Å². The van der Waals surface area contributed by atoms with Crippen LogP contribution in [0.5, 0.6) is 0 Å². The van der Waals surface area contributed by atoms with E-state index in [-0.39, 0.29) is 18.0 Å². The third kappa shape index (κ3) is 2.92. The molecule has 2 amide bonds. The van der Waals surface area contributed by atoms with Crippen molar-refractivity contribution in [1.29, 1.82) is 0 Å². The van der Waals surface area contributed by atoms with E-state index in [1.807, 2.05) is 17.5 Å². The number of pyridine rings is 1. The normalized spacial score (nSPS) is 10.0. The number of hydrogen-bond acceptors (Lipinski definition) is 4. The summed E-state index contributed by atoms with van der Waals surface area (Å²) < 4.78 is 0. The molecule has 0 aliphatic rings. The second-order valence-electron chi connectivity index (χ2n) is 3.57. The second kappa shape index (κ2) is 5.42. The topological polar surface area (TPSA) is 85.1 Å². The molecule has 0 unspecified atom stereocenters. The van der Waals surface area contributed by atoms with Gasteiger partial charge in [0.05, 0.1) is 12.1 Å². The molecule has 6 heteroatoms. The third-order valence-corrected chi connectivity index (χ3v) is 3.11. The molecule has 0 saturated carbocycles. The maximum Gasteiger partial charge on any atom is 0.269 e. The van der Waals surface area contributed by atoms with Gasteiger partial charge in [-0.2, -0.15) is 0 Å². The second-order valence-corrected chi connectivity index (χ2v) is 4.60. The highest BCUT2D eigenvalue weighted by Gasteiger charge is 2.12. The van der Waals surface area contributed by atoms with Gasteiger partial charge in [-0.05, 0) is 23.6 Å². The van der Waals surface area contributed by atoms with Crippen LogP contribution in [-0.2, 0) is 11.2 Å². The lowest BCUT2D eigenvalue weighted by molar-refractivity contribution is -0.115. The number of nitrogens with zero attached hydrogens (tertiary/aromatic N) is 1. The number of anilines is 1. The van der Waals surface area contributed by atoms with Gasteiger partial charge in [-0.3, -0.25) is 9.59 Å². The van der Waals surface area contributed by atoms with E-state index in [4.69, 9.17) is 5.73 Å². The first-order valence-corrected chi connectivity index (χ1v) is 6.12. The summed E-state index contributed by atoms with van der Waals surface area (Å²) >= 11 is 1.50. The van der Waals surface area contributed by atoms with Crippen molar-refractivity contribution < 1.29 is 9.59 Å². The van der Waals surface area contributed by atoms with Crippen molar-refractivity contribution in [3.05, 3.63) is 46.4 Å². The highest BCUT2D eigenvalue weighted by atomic mass is 32.1. The van der Waals surface area contributed by atoms with Crippen molar-refractivity contribution >= 4 is 28.8 Å². The van der Waals surface area contributed by atoms with E-state index in [9.17, 15) is 9.59 Å². The number of thiophene rings is 1. The number of amides is 2. The van der Waals surface area contributed by atoms with E-state index >= 15 is 0 Å². The first kappa shape index (κ1) is 12.3. The van der Waals surface area contributed by atoms with Gasteiger partial charge in [0, 0.05) is 11.1 Å². The lowest BCUT2D eigenvalue weighted by Crippen LogP contribution is -2.20. The van der Waals surface area contributed by atoms with E-state index in [2.05, 4.69) is 10.3 Å². The number of nitrogens with one attached hydrogen (secondary N) is 1. The average Bonchev–Trinajstić information content (AvgIpc) is 2.82. The van der Waals surface area contributed by atoms with E-state index in [0.29, 0.717) is 5.69 Å². The molecule has 0 radical (unpaired) electrons. The molecule has 0 aliphatic heterocycles. The zero-order valence-electron chi connectivity index (χ0n) is 9.42. The molecule has 0 fully saturated rings. The van der Waals surface area contributed by atoms with Crippen LogP contribution in [0.3, 0.4) is 0 Å². The van der Waals surface area contributed by atoms with Crippen molar-refractivity contribution in [2.75, 3.05) is 5.32 Å². The molecule has 18 heavy (non-hydrogen) atoms. The van der Waals surface area contributed by atoms with Crippen molar-refractivity contribution in [3.8, 4) is 0 Å². The minimum Gasteiger partial charge on any atom is -0.364 e. The Bertz CT molecular complexity index is 566. The molecule has 0 aliphatic carbocycles. The molecular weight excluding hydrogens is 250 g/mol. The molecule has 2 aromatic rings. The van der Waals surface area contributed by atoms with Crippen molar-refractivity contribution in [3.63, 3.8) is 0 Å². The predicted molar refractivity (Wildman–Crippen MR) is 69.4 cm³/mol. The fourth-order valence-electron chi connectivity index (χ4n) is 1.47. The first-order chi connectivity index (χ1) is 8.66. The molecule has 0 atom stereocenters. The van der Waals surface area contributed by atoms with Crippen molar-refractivity contribution in [2.45, 2.75) is 6.42 Å². The number of aromatic nitrogens is 1. The molecule has 0 bridgehead atoms. The summed E-state index contributed by atoms with van der Waals surface area (Å²) in [6.07, 6.45) is 1.72. The average molecular weight is 261 g/mol. The van der Waals surface area contributed by atoms with Crippen LogP contribution in [0.1, 0.15) is 15.4 Å². The van der Waals surface area contributed by atoms with Crippen LogP contribution in [0.25, 0.3) is 0 Å². The SMILES string of the molecule is NC(=O)c1ncccc1NC(=O)Cc1cccs1. The van der Waals surface area contributed by atoms with Crippen LogP contribution in [0.4, 0.5) is 5.69 Å². The molecule has 2 aromatic heterocycles. The molecular formula is C12H11N3O2S. The fourth-order valence-corrected chi connectivity index (χ4v) is 2.17. The van der Waals surface area contributed by atoms with Crippen LogP contribution < -0.4 is 11.1 Å². The standard InChI is InChI=1S/C12H11N3O2S/c13-12(17)11-9(4-1-5-14-11)15-10(16)7-8-3-2-6-18-8/h1-6H,7H2,(H2,13,17)(H,15,16). The number of primary amides is 1. The van der Waals surface area contributed by atoms with E-state index in [0.717, 1.165) is 4.88 Å². The van der Waals surface area contributed by atoms with E-state index < -0.39 is 5.91 Å². The molecule has 5 nitrogen and oxygen atoms in total. The monoisotopic (exact) mass is 261 g/mol. The van der Waals surface area contributed by atoms with Gasteiger partial charge in [0.25, 0.3) is 5.91 Å². The lowest BCUT2D eigenvalue weighted by Gasteiger charge is -2.07. The minimum atomic E-state index is -0.665. The summed E-state index contributed by atoms with van der Waals surface area (Å²) in [5.41, 5.74) is 5.58. The van der Waals surface area contributed by atoms with Crippen LogP contribution >= 0.6 is 11.3 Å². The maximum atomic E-state index is 11.8. The Labute approximate surface area is 108 Å². The van der Waals surface area contributed by atoms with Crippen molar-refractivity contribution in [2.24, 2.45) is 5.73 Å². The summed E-state index contributed by atoms with van der Waals surface area (Å²) in [7, 11) is 0. The smallest absolute Gasteiger partial charge is 0.269 e. The molecule has 3 N–H and O–H groups in total. The number of carbonyl (C=O) groups excluding carboxylic acids is 2. The van der Waals surface area contributed by atoms with Crippen LogP contribution in [0.2, 0.25) is 0 Å². The zero-order chi connectivity index (χ0) is 13.0. The van der Waals surface area contributed by atoms with Crippen molar-refractivity contribution in [1.82, 2.24) is 4.98 Å². The maximum absolute atomic E-state index is 11.8. The summed E-state index contributed by atoms with van der Waals surface area (Å²) in [5.74, 6) is -0.866. The minimum absolute atomic E-state index is 0.0667. The molecule has 0 saturated heterocycles. The first-order valence-electron chi connectivity index (χ1n) is 5.24. The Morgan fingerprint density at radius 1 is 1.33 bits per heavy atom. The van der Waals surface area contributed by atoms with Gasteiger partial charge in [0.1, 0.15) is 0 Å². The zero-order valence-corrected chi connectivity index (χ0v) is 10.2. The number of rotatable bonds is 4. The Morgan fingerprint density at radius 3 is 2.83 bits per heavy atom. The Kier molecular flexibility index (Phi) is 3.69. The fraction of sp³-hybridized carbons (Fsp3) is 0.0833. The molecule has 2 heterocycles. The van der Waals surface area contributed by atoms with Gasteiger partial charge in [-0.1, -0.05) is 6.07 Å². The summed E-state index contributed by atoms with van der Waals surface area (Å²) in [6, 6.07) is 6.99. The van der Waals surface area contributed by atoms with Gasteiger partial charge in [-0.25, -0.2) is 4.98 Å². The van der Waals surface area contributed by atoms with Crippen LogP contribution in [0.15, 0.2) is 35.8 Å². The highest BCUT2D eigenvalue weighted by molar-refractivity contribution is 7.10. The Hall–Kier alpha value is -2.21. The number of hydrogen-bond donors (Lipinski definition) is 2. The van der Waals surface area contributed by atoms with Gasteiger partial charge < -0.3 is 11.1 Å². The number of carbonyl (C=O) groups is 2. The molecule has 92 valence electrons. The third-order valence-electron chi connectivity index (χ3n) is 2.23. The molecule has 0 spiro atoms. The van der Waals surface area contributed by atoms with Gasteiger partial charge in [0.15, 0.2) is 5.69 Å². The quantitative estimate of drug-likeness (QED) is 0.872. The van der Waals surface area contributed by atoms with E-state index in [1.165, 1.54) is 17.5 Å². The van der Waals surface area contributed by atoms with Gasteiger partial charge >= 0.3 is 0 Å². The largest absolute Gasteiger partial charge is 0.364 e. The summed E-state index contributed by atoms with van der Waals surface area (Å²) in [5, 5.41) is 4.54. The highest BCUT2D eigenvalue weighted by Crippen LogP contribution is 2.14. The summed E-state index contributed by atoms with van der Waals surface area (Å²) in [6.45, 7) is 0. The van der Waals surface area contributed by atoms with E-state index in [1.54, 1.807) is 12.1 Å². The predicted octanol–water partition coefficient (Wildman–Crippen LogP) is 1.42.